The first kappa shape index (κ1) is 20.4. The van der Waals surface area contributed by atoms with E-state index in [0.717, 1.165) is 23.4 Å². The molecule has 0 unspecified atom stereocenters. The third-order valence-corrected chi connectivity index (χ3v) is 8.99. The van der Waals surface area contributed by atoms with E-state index in [0.29, 0.717) is 6.54 Å². The Labute approximate surface area is 202 Å². The quantitative estimate of drug-likeness (QED) is 0.483. The highest BCUT2D eigenvalue weighted by atomic mass is 16.2. The van der Waals surface area contributed by atoms with Crippen molar-refractivity contribution in [1.29, 1.82) is 0 Å². The summed E-state index contributed by atoms with van der Waals surface area (Å²) in [5, 5.41) is 3.67. The molecule has 8 rings (SSSR count). The number of hydrogen-bond donors (Lipinski definition) is 1. The van der Waals surface area contributed by atoms with E-state index in [1.807, 2.05) is 0 Å². The van der Waals surface area contributed by atoms with Crippen molar-refractivity contribution in [3.8, 4) is 5.69 Å². The summed E-state index contributed by atoms with van der Waals surface area (Å²) in [6.45, 7) is 2.74. The zero-order chi connectivity index (χ0) is 22.9. The van der Waals surface area contributed by atoms with Crippen LogP contribution in [0.15, 0.2) is 66.9 Å². The lowest BCUT2D eigenvalue weighted by Crippen LogP contribution is -2.62. The number of aromatic nitrogens is 1. The zero-order valence-corrected chi connectivity index (χ0v) is 19.9. The lowest BCUT2D eigenvalue weighted by atomic mass is 9.53. The second kappa shape index (κ2) is 7.49. The van der Waals surface area contributed by atoms with Gasteiger partial charge in [-0.1, -0.05) is 48.0 Å². The van der Waals surface area contributed by atoms with Gasteiger partial charge in [0.2, 0.25) is 0 Å². The van der Waals surface area contributed by atoms with Crippen molar-refractivity contribution < 1.29 is 4.79 Å². The summed E-state index contributed by atoms with van der Waals surface area (Å²) in [6.07, 6.45) is 9.78. The van der Waals surface area contributed by atoms with E-state index in [9.17, 15) is 4.79 Å². The predicted molar refractivity (Wildman–Crippen MR) is 134 cm³/mol. The number of benzene rings is 2. The van der Waals surface area contributed by atoms with Crippen LogP contribution in [0.3, 0.4) is 0 Å². The smallest absolute Gasteiger partial charge is 0.318 e. The SMILES string of the molecule is Cc1cccc([C@@H]2c3cccn3-c3ccccc3CN2C(=O)NC23CC4CC(CC(C4)C2)C3)c1. The van der Waals surface area contributed by atoms with Gasteiger partial charge in [-0.2, -0.15) is 0 Å². The van der Waals surface area contributed by atoms with E-state index in [2.05, 4.69) is 88.6 Å². The number of aryl methyl sites for hydroxylation is 1. The lowest BCUT2D eigenvalue weighted by molar-refractivity contribution is -0.0163. The molecule has 4 bridgehead atoms. The molecule has 4 heteroatoms. The van der Waals surface area contributed by atoms with Crippen LogP contribution in [0.5, 0.6) is 0 Å². The van der Waals surface area contributed by atoms with Crippen molar-refractivity contribution in [2.45, 2.75) is 63.6 Å². The van der Waals surface area contributed by atoms with Gasteiger partial charge in [0, 0.05) is 17.4 Å². The highest BCUT2D eigenvalue weighted by Gasteiger charge is 2.52. The molecule has 4 saturated carbocycles. The predicted octanol–water partition coefficient (Wildman–Crippen LogP) is 6.37. The second-order valence-corrected chi connectivity index (χ2v) is 11.5. The molecule has 1 aliphatic heterocycles. The van der Waals surface area contributed by atoms with Crippen LogP contribution in [-0.2, 0) is 6.54 Å². The van der Waals surface area contributed by atoms with Gasteiger partial charge in [-0.25, -0.2) is 4.79 Å². The summed E-state index contributed by atoms with van der Waals surface area (Å²) in [7, 11) is 0. The molecule has 4 fully saturated rings. The van der Waals surface area contributed by atoms with Gasteiger partial charge in [0.25, 0.3) is 0 Å². The van der Waals surface area contributed by atoms with Gasteiger partial charge in [0.05, 0.1) is 18.3 Å². The molecule has 4 aliphatic carbocycles. The van der Waals surface area contributed by atoms with Crippen molar-refractivity contribution in [3.63, 3.8) is 0 Å². The van der Waals surface area contributed by atoms with Gasteiger partial charge in [0.1, 0.15) is 0 Å². The Morgan fingerprint density at radius 2 is 1.65 bits per heavy atom. The molecule has 0 saturated heterocycles. The minimum atomic E-state index is -0.129. The van der Waals surface area contributed by atoms with E-state index in [4.69, 9.17) is 0 Å². The van der Waals surface area contributed by atoms with Gasteiger partial charge in [0.15, 0.2) is 0 Å². The van der Waals surface area contributed by atoms with Crippen LogP contribution in [-0.4, -0.2) is 21.0 Å². The topological polar surface area (TPSA) is 37.3 Å². The molecule has 4 nitrogen and oxygen atoms in total. The van der Waals surface area contributed by atoms with Crippen LogP contribution < -0.4 is 5.32 Å². The van der Waals surface area contributed by atoms with Gasteiger partial charge in [-0.3, -0.25) is 0 Å². The summed E-state index contributed by atoms with van der Waals surface area (Å²) < 4.78 is 2.28. The molecule has 2 heterocycles. The van der Waals surface area contributed by atoms with Crippen molar-refractivity contribution in [2.75, 3.05) is 0 Å². The second-order valence-electron chi connectivity index (χ2n) is 11.5. The van der Waals surface area contributed by atoms with Crippen molar-refractivity contribution in [1.82, 2.24) is 14.8 Å². The average Bonchev–Trinajstić information content (AvgIpc) is 3.22. The normalized spacial score (nSPS) is 31.0. The molecule has 5 aliphatic rings. The number of fused-ring (bicyclic) bond motifs is 3. The molecule has 2 amide bonds. The number of carbonyl (C=O) groups is 1. The summed E-state index contributed by atoms with van der Waals surface area (Å²) >= 11 is 0. The average molecular weight is 452 g/mol. The maximum absolute atomic E-state index is 14.3. The molecular weight excluding hydrogens is 418 g/mol. The van der Waals surface area contributed by atoms with Crippen molar-refractivity contribution in [2.24, 2.45) is 17.8 Å². The molecular formula is C30H33N3O. The highest BCUT2D eigenvalue weighted by molar-refractivity contribution is 5.77. The third-order valence-electron chi connectivity index (χ3n) is 8.99. The maximum Gasteiger partial charge on any atom is 0.318 e. The molecule has 3 aromatic rings. The van der Waals surface area contributed by atoms with E-state index in [1.165, 1.54) is 60.9 Å². The van der Waals surface area contributed by atoms with E-state index in [1.54, 1.807) is 0 Å². The molecule has 1 aromatic heterocycles. The fraction of sp³-hybridized carbons (Fsp3) is 0.433. The maximum atomic E-state index is 14.3. The number of urea groups is 1. The Kier molecular flexibility index (Phi) is 4.49. The van der Waals surface area contributed by atoms with Gasteiger partial charge in [-0.15, -0.1) is 0 Å². The largest absolute Gasteiger partial charge is 0.332 e. The highest BCUT2D eigenvalue weighted by Crippen LogP contribution is 2.55. The fourth-order valence-electron chi connectivity index (χ4n) is 8.09. The van der Waals surface area contributed by atoms with Crippen LogP contribution in [0.2, 0.25) is 0 Å². The number of nitrogens with one attached hydrogen (secondary N) is 1. The standard InChI is InChI=1S/C30H33N3O/c1-20-6-4-8-24(12-20)28-27-10-5-11-32(27)26-9-3-2-7-25(26)19-33(28)29(34)31-30-16-21-13-22(17-30)15-23(14-21)18-30/h2-12,21-23,28H,13-19H2,1H3,(H,31,34)/t21?,22?,23?,28-,30?/m1/s1. The fourth-order valence-corrected chi connectivity index (χ4v) is 8.09. The van der Waals surface area contributed by atoms with Crippen LogP contribution in [0, 0.1) is 24.7 Å². The lowest BCUT2D eigenvalue weighted by Gasteiger charge is -2.57. The zero-order valence-electron chi connectivity index (χ0n) is 19.9. The number of nitrogens with zero attached hydrogens (tertiary/aromatic N) is 2. The first-order chi connectivity index (χ1) is 16.6. The van der Waals surface area contributed by atoms with Crippen LogP contribution in [0.25, 0.3) is 5.69 Å². The van der Waals surface area contributed by atoms with Crippen LogP contribution in [0.4, 0.5) is 4.79 Å². The van der Waals surface area contributed by atoms with Gasteiger partial charge >= 0.3 is 6.03 Å². The molecule has 174 valence electrons. The minimum absolute atomic E-state index is 0.00317. The Hall–Kier alpha value is -3.01. The molecule has 1 N–H and O–H groups in total. The monoisotopic (exact) mass is 451 g/mol. The first-order valence-electron chi connectivity index (χ1n) is 13.0. The van der Waals surface area contributed by atoms with Crippen molar-refractivity contribution in [3.05, 3.63) is 89.2 Å². The van der Waals surface area contributed by atoms with Crippen LogP contribution in [0.1, 0.15) is 67.0 Å². The van der Waals surface area contributed by atoms with Crippen LogP contribution >= 0.6 is 0 Å². The Bertz CT molecular complexity index is 1220. The third kappa shape index (κ3) is 3.22. The van der Waals surface area contributed by atoms with E-state index < -0.39 is 0 Å². The molecule has 0 spiro atoms. The van der Waals surface area contributed by atoms with E-state index in [-0.39, 0.29) is 17.6 Å². The number of carbonyl (C=O) groups excluding carboxylic acids is 1. The van der Waals surface area contributed by atoms with Gasteiger partial charge in [-0.05, 0) is 92.5 Å². The first-order valence-corrected chi connectivity index (χ1v) is 13.0. The summed E-state index contributed by atoms with van der Waals surface area (Å²) in [5.74, 6) is 2.42. The number of para-hydroxylation sites is 1. The molecule has 34 heavy (non-hydrogen) atoms. The summed E-state index contributed by atoms with van der Waals surface area (Å²) in [6, 6.07) is 21.4. The van der Waals surface area contributed by atoms with Crippen molar-refractivity contribution >= 4 is 6.03 Å². The summed E-state index contributed by atoms with van der Waals surface area (Å²) in [5.41, 5.74) is 5.90. The summed E-state index contributed by atoms with van der Waals surface area (Å²) in [4.78, 5) is 16.4. The Morgan fingerprint density at radius 1 is 0.912 bits per heavy atom. The van der Waals surface area contributed by atoms with Gasteiger partial charge < -0.3 is 14.8 Å². The molecule has 1 atom stereocenters. The Morgan fingerprint density at radius 3 is 2.38 bits per heavy atom. The minimum Gasteiger partial charge on any atom is -0.332 e. The molecule has 0 radical (unpaired) electrons. The number of hydrogen-bond acceptors (Lipinski definition) is 1. The number of amides is 2. The number of rotatable bonds is 2. The van der Waals surface area contributed by atoms with E-state index >= 15 is 0 Å². The Balaban J connectivity index is 1.31. The molecule has 2 aromatic carbocycles.